The molecule has 1 heterocycles. The number of halogens is 4. The molecule has 0 unspecified atom stereocenters. The second-order valence-corrected chi connectivity index (χ2v) is 6.36. The predicted octanol–water partition coefficient (Wildman–Crippen LogP) is 3.09. The molecular formula is C18H13ClF3N3O4. The van der Waals surface area contributed by atoms with Crippen LogP contribution in [0.2, 0.25) is 5.02 Å². The van der Waals surface area contributed by atoms with Gasteiger partial charge in [0.2, 0.25) is 0 Å². The second-order valence-electron chi connectivity index (χ2n) is 5.95. The summed E-state index contributed by atoms with van der Waals surface area (Å²) in [4.78, 5) is 37.7. The van der Waals surface area contributed by atoms with Crippen LogP contribution in [0.4, 0.5) is 23.7 Å². The van der Waals surface area contributed by atoms with Gasteiger partial charge in [-0.05, 0) is 36.4 Å². The summed E-state index contributed by atoms with van der Waals surface area (Å²) in [6, 6.07) is 9.21. The third-order valence-corrected chi connectivity index (χ3v) is 4.53. The summed E-state index contributed by atoms with van der Waals surface area (Å²) < 4.78 is 46.6. The minimum atomic E-state index is -5.34. The first-order chi connectivity index (χ1) is 13.6. The van der Waals surface area contributed by atoms with Crippen LogP contribution in [-0.2, 0) is 4.79 Å². The van der Waals surface area contributed by atoms with E-state index in [1.807, 2.05) is 0 Å². The van der Waals surface area contributed by atoms with Crippen LogP contribution in [0.15, 0.2) is 48.5 Å². The molecular weight excluding hydrogens is 415 g/mol. The van der Waals surface area contributed by atoms with Crippen LogP contribution in [0.5, 0.6) is 5.75 Å². The van der Waals surface area contributed by atoms with Gasteiger partial charge in [0.25, 0.3) is 17.5 Å². The van der Waals surface area contributed by atoms with Crippen molar-refractivity contribution in [2.75, 3.05) is 12.0 Å². The van der Waals surface area contributed by atoms with Crippen molar-refractivity contribution in [3.8, 4) is 5.75 Å². The molecule has 2 aromatic rings. The maximum atomic E-state index is 13.9. The summed E-state index contributed by atoms with van der Waals surface area (Å²) in [5, 5.41) is 3.04. The number of imide groups is 1. The molecule has 1 atom stereocenters. The molecule has 0 saturated carbocycles. The highest BCUT2D eigenvalue weighted by atomic mass is 35.5. The molecule has 2 N–H and O–H groups in total. The topological polar surface area (TPSA) is 87.7 Å². The van der Waals surface area contributed by atoms with E-state index in [1.165, 1.54) is 55.6 Å². The molecule has 0 spiro atoms. The number of anilines is 1. The van der Waals surface area contributed by atoms with E-state index in [-0.39, 0.29) is 16.3 Å². The summed E-state index contributed by atoms with van der Waals surface area (Å²) in [6.07, 6.45) is -5.34. The number of urea groups is 1. The van der Waals surface area contributed by atoms with E-state index in [0.29, 0.717) is 10.6 Å². The summed E-state index contributed by atoms with van der Waals surface area (Å²) in [6.45, 7) is 0. The molecule has 1 fully saturated rings. The molecule has 29 heavy (non-hydrogen) atoms. The standard InChI is InChI=1S/C18H13ClF3N3O4/c1-29-11-8-6-10(7-9-11)25-15(27)17(18(20,21)22,24-16(25)28)23-14(26)12-4-2-3-5-13(12)19/h2-9H,1H3,(H,23,26)(H,24,28)/t17-/m0/s1. The number of ether oxygens (including phenoxy) is 1. The number of benzene rings is 2. The van der Waals surface area contributed by atoms with E-state index in [9.17, 15) is 27.6 Å². The molecule has 1 saturated heterocycles. The Morgan fingerprint density at radius 2 is 1.76 bits per heavy atom. The fraction of sp³-hybridized carbons (Fsp3) is 0.167. The molecule has 0 aliphatic carbocycles. The van der Waals surface area contributed by atoms with E-state index >= 15 is 0 Å². The third kappa shape index (κ3) is 3.46. The van der Waals surface area contributed by atoms with Crippen LogP contribution in [0.1, 0.15) is 10.4 Å². The number of carbonyl (C=O) groups is 3. The lowest BCUT2D eigenvalue weighted by Crippen LogP contribution is -2.69. The van der Waals surface area contributed by atoms with Crippen LogP contribution in [0, 0.1) is 0 Å². The molecule has 3 rings (SSSR count). The number of hydrogen-bond acceptors (Lipinski definition) is 4. The number of alkyl halides is 3. The van der Waals surface area contributed by atoms with Crippen molar-refractivity contribution in [3.63, 3.8) is 0 Å². The molecule has 11 heteroatoms. The van der Waals surface area contributed by atoms with Gasteiger partial charge in [-0.25, -0.2) is 9.69 Å². The van der Waals surface area contributed by atoms with Gasteiger partial charge in [0.1, 0.15) is 5.75 Å². The monoisotopic (exact) mass is 427 g/mol. The quantitative estimate of drug-likeness (QED) is 0.734. The Bertz CT molecular complexity index is 981. The minimum absolute atomic E-state index is 0.119. The zero-order chi connectivity index (χ0) is 21.4. The molecule has 0 aromatic heterocycles. The average molecular weight is 428 g/mol. The minimum Gasteiger partial charge on any atom is -0.497 e. The van der Waals surface area contributed by atoms with Gasteiger partial charge in [-0.1, -0.05) is 23.7 Å². The van der Waals surface area contributed by atoms with Crippen molar-refractivity contribution >= 4 is 35.1 Å². The van der Waals surface area contributed by atoms with Crippen molar-refractivity contribution in [1.82, 2.24) is 10.6 Å². The maximum Gasteiger partial charge on any atom is 0.440 e. The SMILES string of the molecule is COc1ccc(N2C(=O)N[C@](NC(=O)c3ccccc3Cl)(C(F)(F)F)C2=O)cc1. The molecule has 1 aliphatic rings. The number of hydrogen-bond donors (Lipinski definition) is 2. The van der Waals surface area contributed by atoms with Crippen LogP contribution in [0.25, 0.3) is 0 Å². The van der Waals surface area contributed by atoms with Gasteiger partial charge in [0.05, 0.1) is 23.4 Å². The highest BCUT2D eigenvalue weighted by Gasteiger charge is 2.69. The van der Waals surface area contributed by atoms with Crippen LogP contribution < -0.4 is 20.3 Å². The van der Waals surface area contributed by atoms with Crippen molar-refractivity contribution < 1.29 is 32.3 Å². The van der Waals surface area contributed by atoms with E-state index < -0.39 is 29.7 Å². The van der Waals surface area contributed by atoms with E-state index in [0.717, 1.165) is 0 Å². The fourth-order valence-corrected chi connectivity index (χ4v) is 2.95. The Morgan fingerprint density at radius 1 is 1.14 bits per heavy atom. The Morgan fingerprint density at radius 3 is 2.31 bits per heavy atom. The summed E-state index contributed by atoms with van der Waals surface area (Å²) >= 11 is 5.85. The Kier molecular flexibility index (Phi) is 5.14. The van der Waals surface area contributed by atoms with Gasteiger partial charge in [0, 0.05) is 0 Å². The Hall–Kier alpha value is -3.27. The molecule has 4 amide bonds. The second kappa shape index (κ2) is 7.28. The van der Waals surface area contributed by atoms with E-state index in [4.69, 9.17) is 16.3 Å². The van der Waals surface area contributed by atoms with Gasteiger partial charge in [-0.3, -0.25) is 14.9 Å². The highest BCUT2D eigenvalue weighted by molar-refractivity contribution is 6.34. The Balaban J connectivity index is 2.00. The number of amides is 4. The molecule has 7 nitrogen and oxygen atoms in total. The summed E-state index contributed by atoms with van der Waals surface area (Å²) in [5.74, 6) is -2.62. The highest BCUT2D eigenvalue weighted by Crippen LogP contribution is 2.36. The molecule has 2 aromatic carbocycles. The predicted molar refractivity (Wildman–Crippen MR) is 96.7 cm³/mol. The van der Waals surface area contributed by atoms with Crippen LogP contribution in [0.3, 0.4) is 0 Å². The van der Waals surface area contributed by atoms with Crippen molar-refractivity contribution in [3.05, 3.63) is 59.1 Å². The number of carbonyl (C=O) groups excluding carboxylic acids is 3. The van der Waals surface area contributed by atoms with Crippen molar-refractivity contribution in [2.24, 2.45) is 0 Å². The Labute approximate surface area is 167 Å². The van der Waals surface area contributed by atoms with Gasteiger partial charge in [-0.15, -0.1) is 0 Å². The zero-order valence-corrected chi connectivity index (χ0v) is 15.5. The lowest BCUT2D eigenvalue weighted by molar-refractivity contribution is -0.197. The first kappa shape index (κ1) is 20.5. The largest absolute Gasteiger partial charge is 0.497 e. The van der Waals surface area contributed by atoms with E-state index in [1.54, 1.807) is 10.6 Å². The number of nitrogens with zero attached hydrogens (tertiary/aromatic N) is 1. The molecule has 1 aliphatic heterocycles. The summed E-state index contributed by atoms with van der Waals surface area (Å²) in [7, 11) is 1.38. The summed E-state index contributed by atoms with van der Waals surface area (Å²) in [5.41, 5.74) is -4.07. The van der Waals surface area contributed by atoms with Crippen LogP contribution in [-0.4, -0.2) is 36.8 Å². The van der Waals surface area contributed by atoms with Crippen molar-refractivity contribution in [2.45, 2.75) is 11.8 Å². The smallest absolute Gasteiger partial charge is 0.440 e. The molecule has 0 bridgehead atoms. The van der Waals surface area contributed by atoms with Crippen molar-refractivity contribution in [1.29, 1.82) is 0 Å². The maximum absolute atomic E-state index is 13.9. The van der Waals surface area contributed by atoms with Crippen LogP contribution >= 0.6 is 11.6 Å². The number of rotatable bonds is 4. The fourth-order valence-electron chi connectivity index (χ4n) is 2.73. The van der Waals surface area contributed by atoms with Gasteiger partial charge >= 0.3 is 12.2 Å². The first-order valence-corrected chi connectivity index (χ1v) is 8.43. The normalized spacial score (nSPS) is 19.1. The third-order valence-electron chi connectivity index (χ3n) is 4.20. The number of nitrogens with one attached hydrogen (secondary N) is 2. The number of methoxy groups -OCH3 is 1. The van der Waals surface area contributed by atoms with E-state index in [2.05, 4.69) is 0 Å². The first-order valence-electron chi connectivity index (χ1n) is 8.05. The van der Waals surface area contributed by atoms with Gasteiger partial charge < -0.3 is 10.1 Å². The molecule has 152 valence electrons. The lowest BCUT2D eigenvalue weighted by atomic mass is 10.1. The molecule has 0 radical (unpaired) electrons. The zero-order valence-electron chi connectivity index (χ0n) is 14.7. The average Bonchev–Trinajstić information content (AvgIpc) is 2.92. The van der Waals surface area contributed by atoms with Gasteiger partial charge in [-0.2, -0.15) is 13.2 Å². The lowest BCUT2D eigenvalue weighted by Gasteiger charge is -2.30. The van der Waals surface area contributed by atoms with Gasteiger partial charge in [0.15, 0.2) is 0 Å².